The number of phenols is 4. The second kappa shape index (κ2) is 15.7. The summed E-state index contributed by atoms with van der Waals surface area (Å²) in [5.74, 6) is -3.31. The van der Waals surface area contributed by atoms with Crippen LogP contribution in [0.2, 0.25) is 0 Å². The molecule has 47 heavy (non-hydrogen) atoms. The van der Waals surface area contributed by atoms with Crippen molar-refractivity contribution in [3.63, 3.8) is 0 Å². The maximum atomic E-state index is 13.0. The largest absolute Gasteiger partial charge is 0.504 e. The van der Waals surface area contributed by atoms with Gasteiger partial charge in [0.15, 0.2) is 47.8 Å². The Hall–Kier alpha value is -4.00. The molecule has 0 unspecified atom stereocenters. The summed E-state index contributed by atoms with van der Waals surface area (Å²) in [6, 6.07) is 7.94. The highest BCUT2D eigenvalue weighted by atomic mass is 16.8. The Balaban J connectivity index is 1.61. The van der Waals surface area contributed by atoms with Crippen LogP contribution in [0.4, 0.5) is 0 Å². The van der Waals surface area contributed by atoms with Gasteiger partial charge in [-0.05, 0) is 54.8 Å². The smallest absolute Gasteiger partial charge is 0.331 e. The predicted octanol–water partition coefficient (Wildman–Crippen LogP) is -0.445. The van der Waals surface area contributed by atoms with Crippen LogP contribution in [-0.4, -0.2) is 127 Å². The number of hydrogen-bond acceptors (Lipinski definition) is 16. The Morgan fingerprint density at radius 2 is 1.49 bits per heavy atom. The molecule has 258 valence electrons. The standard InChI is InChI=1S/C31H38O16/c1-14-24(39)25(40)26(41)30(43-14)47-28-27(46-23(38)8-5-16-3-6-18(34)20(36)11-16)22(13-32)45-31(29(28)44-15(2)33)42-10-9-17-4-7-19(35)21(37)12-17/h3-8,11-12,14,22,24-32,34-37,39-41H,9-10,13H2,1-2H3/b8-5-/t14-,22+,24+,25+,26+,27+,28-,29+,30+,31+/m1/s1. The van der Waals surface area contributed by atoms with Crippen molar-refractivity contribution in [3.05, 3.63) is 53.6 Å². The lowest BCUT2D eigenvalue weighted by molar-refractivity contribution is -0.358. The summed E-state index contributed by atoms with van der Waals surface area (Å²) >= 11 is 0. The molecule has 0 spiro atoms. The van der Waals surface area contributed by atoms with Crippen molar-refractivity contribution in [1.29, 1.82) is 0 Å². The van der Waals surface area contributed by atoms with E-state index >= 15 is 0 Å². The fourth-order valence-electron chi connectivity index (χ4n) is 5.05. The summed E-state index contributed by atoms with van der Waals surface area (Å²) in [4.78, 5) is 25.3. The van der Waals surface area contributed by atoms with Gasteiger partial charge in [-0.25, -0.2) is 4.79 Å². The quantitative estimate of drug-likeness (QED) is 0.0859. The molecule has 2 heterocycles. The topological polar surface area (TPSA) is 251 Å². The molecule has 0 aliphatic carbocycles. The zero-order valence-corrected chi connectivity index (χ0v) is 25.4. The number of ether oxygens (including phenoxy) is 6. The lowest BCUT2D eigenvalue weighted by atomic mass is 9.96. The average Bonchev–Trinajstić information content (AvgIpc) is 3.03. The summed E-state index contributed by atoms with van der Waals surface area (Å²) < 4.78 is 34.4. The molecule has 0 bridgehead atoms. The Bertz CT molecular complexity index is 1410. The first kappa shape index (κ1) is 35.8. The number of benzene rings is 2. The third-order valence-corrected chi connectivity index (χ3v) is 7.55. The minimum absolute atomic E-state index is 0.103. The molecule has 10 atom stereocenters. The van der Waals surface area contributed by atoms with Crippen molar-refractivity contribution < 1.29 is 78.9 Å². The van der Waals surface area contributed by atoms with E-state index in [4.69, 9.17) is 28.4 Å². The number of esters is 2. The van der Waals surface area contributed by atoms with Crippen LogP contribution in [0.15, 0.2) is 42.5 Å². The summed E-state index contributed by atoms with van der Waals surface area (Å²) in [6.07, 6.45) is -12.7. The number of aliphatic hydroxyl groups is 4. The minimum Gasteiger partial charge on any atom is -0.504 e. The fraction of sp³-hybridized carbons (Fsp3) is 0.484. The zero-order valence-electron chi connectivity index (χ0n) is 25.4. The van der Waals surface area contributed by atoms with Crippen molar-refractivity contribution in [2.24, 2.45) is 0 Å². The first-order valence-corrected chi connectivity index (χ1v) is 14.6. The molecule has 2 aromatic rings. The Morgan fingerprint density at radius 3 is 2.13 bits per heavy atom. The summed E-state index contributed by atoms with van der Waals surface area (Å²) in [5, 5.41) is 80.1. The number of aliphatic hydroxyl groups excluding tert-OH is 4. The van der Waals surface area contributed by atoms with E-state index in [0.29, 0.717) is 11.1 Å². The van der Waals surface area contributed by atoms with Crippen LogP contribution in [0.3, 0.4) is 0 Å². The lowest BCUT2D eigenvalue weighted by Gasteiger charge is -2.47. The van der Waals surface area contributed by atoms with Gasteiger partial charge >= 0.3 is 11.9 Å². The van der Waals surface area contributed by atoms with E-state index in [1.165, 1.54) is 49.4 Å². The maximum absolute atomic E-state index is 13.0. The molecule has 0 radical (unpaired) electrons. The van der Waals surface area contributed by atoms with Crippen LogP contribution in [0.1, 0.15) is 25.0 Å². The highest BCUT2D eigenvalue weighted by Crippen LogP contribution is 2.33. The number of carbonyl (C=O) groups excluding carboxylic acids is 2. The molecule has 0 saturated carbocycles. The molecule has 4 rings (SSSR count). The van der Waals surface area contributed by atoms with Gasteiger partial charge in [-0.3, -0.25) is 4.79 Å². The SMILES string of the molecule is CC(=O)O[C@@H]1[C@@H](OCCc2ccc(O)c(O)c2)O[C@@H](CO)[C@H](OC(=O)/C=C\c2ccc(O)c(O)c2)[C@H]1O[C@@H]1O[C@H](C)[C@H](O)[C@H](O)[C@@H]1O. The van der Waals surface area contributed by atoms with Gasteiger partial charge in [0.1, 0.15) is 30.5 Å². The van der Waals surface area contributed by atoms with Crippen LogP contribution in [0.25, 0.3) is 6.08 Å². The Morgan fingerprint density at radius 1 is 0.809 bits per heavy atom. The normalized spacial score (nSPS) is 31.0. The van der Waals surface area contributed by atoms with Crippen LogP contribution < -0.4 is 0 Å². The van der Waals surface area contributed by atoms with Gasteiger partial charge < -0.3 is 69.3 Å². The van der Waals surface area contributed by atoms with Gasteiger partial charge in [0.25, 0.3) is 0 Å². The molecule has 2 fully saturated rings. The fourth-order valence-corrected chi connectivity index (χ4v) is 5.05. The molecule has 16 nitrogen and oxygen atoms in total. The molecule has 0 aromatic heterocycles. The molecule has 16 heteroatoms. The van der Waals surface area contributed by atoms with Crippen LogP contribution in [-0.2, 0) is 44.4 Å². The van der Waals surface area contributed by atoms with E-state index < -0.39 is 85.7 Å². The first-order valence-electron chi connectivity index (χ1n) is 14.6. The predicted molar refractivity (Wildman–Crippen MR) is 157 cm³/mol. The second-order valence-electron chi connectivity index (χ2n) is 11.0. The van der Waals surface area contributed by atoms with Gasteiger partial charge in [0, 0.05) is 13.0 Å². The second-order valence-corrected chi connectivity index (χ2v) is 11.0. The van der Waals surface area contributed by atoms with E-state index in [-0.39, 0.29) is 30.3 Å². The van der Waals surface area contributed by atoms with Crippen LogP contribution in [0, 0.1) is 0 Å². The monoisotopic (exact) mass is 666 g/mol. The van der Waals surface area contributed by atoms with Crippen molar-refractivity contribution in [1.82, 2.24) is 0 Å². The van der Waals surface area contributed by atoms with Crippen molar-refractivity contribution in [3.8, 4) is 23.0 Å². The summed E-state index contributed by atoms with van der Waals surface area (Å²) in [6.45, 7) is 1.62. The third kappa shape index (κ3) is 8.88. The van der Waals surface area contributed by atoms with E-state index in [0.717, 1.165) is 13.0 Å². The Labute approximate surface area is 268 Å². The van der Waals surface area contributed by atoms with E-state index in [2.05, 4.69) is 0 Å². The number of aromatic hydroxyl groups is 4. The van der Waals surface area contributed by atoms with E-state index in [9.17, 15) is 50.4 Å². The van der Waals surface area contributed by atoms with Gasteiger partial charge in [-0.2, -0.15) is 0 Å². The lowest BCUT2D eigenvalue weighted by Crippen LogP contribution is -2.65. The highest BCUT2D eigenvalue weighted by Gasteiger charge is 2.54. The van der Waals surface area contributed by atoms with Crippen molar-refractivity contribution in [2.45, 2.75) is 81.7 Å². The highest BCUT2D eigenvalue weighted by molar-refractivity contribution is 5.87. The Kier molecular flexibility index (Phi) is 12.0. The minimum atomic E-state index is -1.81. The first-order chi connectivity index (χ1) is 22.3. The molecule has 2 aliphatic heterocycles. The number of carbonyl (C=O) groups is 2. The third-order valence-electron chi connectivity index (χ3n) is 7.55. The van der Waals surface area contributed by atoms with Crippen LogP contribution >= 0.6 is 0 Å². The maximum Gasteiger partial charge on any atom is 0.331 e. The molecule has 8 N–H and O–H groups in total. The molecule has 2 aliphatic rings. The molecular weight excluding hydrogens is 628 g/mol. The number of hydrogen-bond donors (Lipinski definition) is 8. The van der Waals surface area contributed by atoms with E-state index in [1.807, 2.05) is 0 Å². The van der Waals surface area contributed by atoms with Crippen LogP contribution in [0.5, 0.6) is 23.0 Å². The van der Waals surface area contributed by atoms with Gasteiger partial charge in [-0.1, -0.05) is 12.1 Å². The van der Waals surface area contributed by atoms with Crippen molar-refractivity contribution in [2.75, 3.05) is 13.2 Å². The van der Waals surface area contributed by atoms with E-state index in [1.54, 1.807) is 0 Å². The molecule has 2 saturated heterocycles. The molecule has 0 amide bonds. The average molecular weight is 667 g/mol. The molecule has 2 aromatic carbocycles. The summed E-state index contributed by atoms with van der Waals surface area (Å²) in [7, 11) is 0. The molecular formula is C31H38O16. The number of rotatable bonds is 11. The number of phenolic OH excluding ortho intramolecular Hbond substituents is 4. The summed E-state index contributed by atoms with van der Waals surface area (Å²) in [5.41, 5.74) is 0.879. The van der Waals surface area contributed by atoms with Gasteiger partial charge in [-0.15, -0.1) is 0 Å². The van der Waals surface area contributed by atoms with Gasteiger partial charge in [0.2, 0.25) is 0 Å². The zero-order chi connectivity index (χ0) is 34.4. The van der Waals surface area contributed by atoms with Crippen molar-refractivity contribution >= 4 is 18.0 Å². The van der Waals surface area contributed by atoms with Gasteiger partial charge in [0.05, 0.1) is 19.3 Å².